The zero-order valence-electron chi connectivity index (χ0n) is 11.8. The molecule has 104 valence electrons. The van der Waals surface area contributed by atoms with Crippen LogP contribution in [0.25, 0.3) is 27.9 Å². The van der Waals surface area contributed by atoms with E-state index >= 15 is 0 Å². The van der Waals surface area contributed by atoms with Crippen LogP contribution < -0.4 is 5.32 Å². The quantitative estimate of drug-likeness (QED) is 0.750. The molecule has 3 aromatic rings. The van der Waals surface area contributed by atoms with Gasteiger partial charge in [-0.05, 0) is 36.7 Å². The summed E-state index contributed by atoms with van der Waals surface area (Å²) in [5.74, 6) is 0. The third-order valence-electron chi connectivity index (χ3n) is 4.01. The van der Waals surface area contributed by atoms with Gasteiger partial charge in [-0.1, -0.05) is 30.3 Å². The molecule has 0 bridgehead atoms. The Kier molecular flexibility index (Phi) is 3.05. The first kappa shape index (κ1) is 12.4. The van der Waals surface area contributed by atoms with Gasteiger partial charge in [0.25, 0.3) is 0 Å². The number of para-hydroxylation sites is 1. The van der Waals surface area contributed by atoms with Crippen LogP contribution in [0.3, 0.4) is 0 Å². The maximum absolute atomic E-state index is 4.53. The molecule has 0 saturated heterocycles. The molecule has 0 aliphatic carbocycles. The molecule has 1 aromatic carbocycles. The lowest BCUT2D eigenvalue weighted by Gasteiger charge is -2.15. The summed E-state index contributed by atoms with van der Waals surface area (Å²) in [4.78, 5) is 8.08. The molecular weight excluding hydrogens is 258 g/mol. The zero-order chi connectivity index (χ0) is 14.1. The van der Waals surface area contributed by atoms with Crippen molar-refractivity contribution in [3.8, 4) is 11.4 Å². The van der Waals surface area contributed by atoms with Gasteiger partial charge in [0.05, 0.1) is 11.4 Å². The molecule has 3 nitrogen and oxygen atoms in total. The van der Waals surface area contributed by atoms with Gasteiger partial charge >= 0.3 is 0 Å². The highest BCUT2D eigenvalue weighted by molar-refractivity contribution is 5.99. The Morgan fingerprint density at radius 3 is 2.71 bits per heavy atom. The average molecular weight is 275 g/mol. The summed E-state index contributed by atoms with van der Waals surface area (Å²) in [5.41, 5.74) is 6.03. The summed E-state index contributed by atoms with van der Waals surface area (Å²) in [5, 5.41) is 4.67. The monoisotopic (exact) mass is 275 g/mol. The highest BCUT2D eigenvalue weighted by atomic mass is 14.9. The van der Waals surface area contributed by atoms with E-state index in [4.69, 9.17) is 0 Å². The van der Waals surface area contributed by atoms with E-state index in [0.29, 0.717) is 0 Å². The van der Waals surface area contributed by atoms with E-state index < -0.39 is 0 Å². The molecule has 2 aromatic heterocycles. The fraction of sp³-hybridized carbons (Fsp3) is 0.167. The minimum Gasteiger partial charge on any atom is -0.353 e. The van der Waals surface area contributed by atoms with Crippen LogP contribution >= 0.6 is 0 Å². The van der Waals surface area contributed by atoms with E-state index in [1.54, 1.807) is 0 Å². The van der Waals surface area contributed by atoms with Gasteiger partial charge in [0.15, 0.2) is 0 Å². The van der Waals surface area contributed by atoms with Crippen molar-refractivity contribution in [3.05, 3.63) is 60.3 Å². The second-order valence-corrected chi connectivity index (χ2v) is 5.32. The predicted molar refractivity (Wildman–Crippen MR) is 87.0 cm³/mol. The number of aromatic amines is 1. The lowest BCUT2D eigenvalue weighted by atomic mass is 9.96. The number of nitrogens with zero attached hydrogens (tertiary/aromatic N) is 1. The molecule has 0 radical (unpaired) electrons. The normalized spacial score (nSPS) is 15.1. The lowest BCUT2D eigenvalue weighted by molar-refractivity contribution is 0.739. The second kappa shape index (κ2) is 5.19. The number of hydrogen-bond acceptors (Lipinski definition) is 2. The largest absolute Gasteiger partial charge is 0.353 e. The third-order valence-corrected chi connectivity index (χ3v) is 4.01. The SMILES string of the molecule is C1=C(c2c(-c3ccccn3)[nH]c3ccccc23)CCNC1. The smallest absolute Gasteiger partial charge is 0.0870 e. The molecule has 2 N–H and O–H groups in total. The molecule has 0 atom stereocenters. The van der Waals surface area contributed by atoms with E-state index in [1.807, 2.05) is 18.3 Å². The van der Waals surface area contributed by atoms with Crippen molar-refractivity contribution in [1.82, 2.24) is 15.3 Å². The van der Waals surface area contributed by atoms with Crippen LogP contribution in [0.4, 0.5) is 0 Å². The summed E-state index contributed by atoms with van der Waals surface area (Å²) in [6.07, 6.45) is 5.20. The number of benzene rings is 1. The minimum atomic E-state index is 0.941. The van der Waals surface area contributed by atoms with E-state index in [-0.39, 0.29) is 0 Å². The van der Waals surface area contributed by atoms with Gasteiger partial charge in [0, 0.05) is 29.2 Å². The van der Waals surface area contributed by atoms with Gasteiger partial charge in [-0.25, -0.2) is 0 Å². The first-order chi connectivity index (χ1) is 10.4. The molecule has 0 fully saturated rings. The Labute approximate surface area is 123 Å². The summed E-state index contributed by atoms with van der Waals surface area (Å²) in [7, 11) is 0. The predicted octanol–water partition coefficient (Wildman–Crippen LogP) is 3.61. The van der Waals surface area contributed by atoms with Gasteiger partial charge in [-0.3, -0.25) is 4.98 Å². The molecule has 0 spiro atoms. The third kappa shape index (κ3) is 2.16. The van der Waals surface area contributed by atoms with E-state index in [1.165, 1.54) is 22.0 Å². The van der Waals surface area contributed by atoms with Crippen LogP contribution in [0.1, 0.15) is 12.0 Å². The van der Waals surface area contributed by atoms with Crippen molar-refractivity contribution < 1.29 is 0 Å². The molecule has 3 heteroatoms. The van der Waals surface area contributed by atoms with Gasteiger partial charge < -0.3 is 10.3 Å². The maximum atomic E-state index is 4.53. The molecule has 1 aliphatic heterocycles. The molecule has 0 amide bonds. The van der Waals surface area contributed by atoms with Crippen molar-refractivity contribution in [2.45, 2.75) is 6.42 Å². The summed E-state index contributed by atoms with van der Waals surface area (Å²) in [6, 6.07) is 14.6. The molecular formula is C18H17N3. The molecule has 21 heavy (non-hydrogen) atoms. The van der Waals surface area contributed by atoms with Crippen molar-refractivity contribution in [1.29, 1.82) is 0 Å². The average Bonchev–Trinajstić information content (AvgIpc) is 2.96. The Morgan fingerprint density at radius 2 is 1.90 bits per heavy atom. The van der Waals surface area contributed by atoms with Crippen molar-refractivity contribution in [2.24, 2.45) is 0 Å². The van der Waals surface area contributed by atoms with Crippen molar-refractivity contribution in [2.75, 3.05) is 13.1 Å². The number of fused-ring (bicyclic) bond motifs is 1. The second-order valence-electron chi connectivity index (χ2n) is 5.32. The number of pyridine rings is 1. The van der Waals surface area contributed by atoms with Crippen molar-refractivity contribution >= 4 is 16.5 Å². The summed E-state index contributed by atoms with van der Waals surface area (Å²) in [6.45, 7) is 1.98. The Morgan fingerprint density at radius 1 is 1.00 bits per heavy atom. The zero-order valence-corrected chi connectivity index (χ0v) is 11.8. The van der Waals surface area contributed by atoms with E-state index in [9.17, 15) is 0 Å². The topological polar surface area (TPSA) is 40.7 Å². The number of H-pyrrole nitrogens is 1. The Hall–Kier alpha value is -2.39. The van der Waals surface area contributed by atoms with Crippen LogP contribution in [0.2, 0.25) is 0 Å². The molecule has 0 unspecified atom stereocenters. The van der Waals surface area contributed by atoms with E-state index in [2.05, 4.69) is 51.7 Å². The number of aromatic nitrogens is 2. The lowest BCUT2D eigenvalue weighted by Crippen LogP contribution is -2.20. The van der Waals surface area contributed by atoms with Gasteiger partial charge in [0.2, 0.25) is 0 Å². The van der Waals surface area contributed by atoms with Gasteiger partial charge in [-0.15, -0.1) is 0 Å². The van der Waals surface area contributed by atoms with Crippen LogP contribution in [-0.2, 0) is 0 Å². The highest BCUT2D eigenvalue weighted by Crippen LogP contribution is 2.36. The van der Waals surface area contributed by atoms with E-state index in [0.717, 1.165) is 30.9 Å². The highest BCUT2D eigenvalue weighted by Gasteiger charge is 2.18. The van der Waals surface area contributed by atoms with Crippen LogP contribution in [-0.4, -0.2) is 23.1 Å². The molecule has 1 aliphatic rings. The van der Waals surface area contributed by atoms with Crippen LogP contribution in [0.15, 0.2) is 54.7 Å². The molecule has 4 rings (SSSR count). The molecule has 3 heterocycles. The fourth-order valence-electron chi connectivity index (χ4n) is 3.03. The van der Waals surface area contributed by atoms with Gasteiger partial charge in [-0.2, -0.15) is 0 Å². The molecule has 0 saturated carbocycles. The number of hydrogen-bond donors (Lipinski definition) is 2. The maximum Gasteiger partial charge on any atom is 0.0870 e. The standard InChI is InChI=1S/C18H17N3/c1-2-6-15-14(5-1)17(13-8-11-19-12-9-13)18(21-15)16-7-3-4-10-20-16/h1-8,10,19,21H,9,11-12H2. The first-order valence-corrected chi connectivity index (χ1v) is 7.36. The first-order valence-electron chi connectivity index (χ1n) is 7.36. The van der Waals surface area contributed by atoms with Crippen molar-refractivity contribution in [3.63, 3.8) is 0 Å². The van der Waals surface area contributed by atoms with Gasteiger partial charge in [0.1, 0.15) is 0 Å². The Bertz CT molecular complexity index is 800. The fourth-order valence-corrected chi connectivity index (χ4v) is 3.03. The summed E-state index contributed by atoms with van der Waals surface area (Å²) >= 11 is 0. The van der Waals surface area contributed by atoms with Crippen LogP contribution in [0, 0.1) is 0 Å². The summed E-state index contributed by atoms with van der Waals surface area (Å²) < 4.78 is 0. The van der Waals surface area contributed by atoms with Crippen LogP contribution in [0.5, 0.6) is 0 Å². The number of rotatable bonds is 2. The minimum absolute atomic E-state index is 0.941. The number of nitrogens with one attached hydrogen (secondary N) is 2. The Balaban J connectivity index is 1.99.